The molecule has 8 heteroatoms. The quantitative estimate of drug-likeness (QED) is 0.641. The molecule has 0 saturated carbocycles. The number of methoxy groups -OCH3 is 3. The van der Waals surface area contributed by atoms with Crippen LogP contribution >= 0.6 is 0 Å². The highest BCUT2D eigenvalue weighted by molar-refractivity contribution is 5.92. The maximum atomic E-state index is 12.6. The Hall–Kier alpha value is -3.26. The van der Waals surface area contributed by atoms with Crippen molar-refractivity contribution in [1.29, 1.82) is 0 Å². The Labute approximate surface area is 177 Å². The predicted octanol–water partition coefficient (Wildman–Crippen LogP) is 2.24. The fraction of sp³-hybridized carbons (Fsp3) is 0.364. The van der Waals surface area contributed by atoms with Gasteiger partial charge in [-0.2, -0.15) is 0 Å². The highest BCUT2D eigenvalue weighted by Crippen LogP contribution is 2.31. The van der Waals surface area contributed by atoms with Crippen molar-refractivity contribution < 1.29 is 23.8 Å². The first-order chi connectivity index (χ1) is 14.4. The van der Waals surface area contributed by atoms with Crippen molar-refractivity contribution in [3.63, 3.8) is 0 Å². The van der Waals surface area contributed by atoms with Crippen LogP contribution in [-0.4, -0.2) is 70.1 Å². The summed E-state index contributed by atoms with van der Waals surface area (Å²) in [6.07, 6.45) is 0. The Kier molecular flexibility index (Phi) is 8.49. The highest BCUT2D eigenvalue weighted by Gasteiger charge is 2.17. The van der Waals surface area contributed by atoms with E-state index in [-0.39, 0.29) is 24.9 Å². The van der Waals surface area contributed by atoms with E-state index in [4.69, 9.17) is 14.2 Å². The second-order valence-electron chi connectivity index (χ2n) is 6.85. The summed E-state index contributed by atoms with van der Waals surface area (Å²) in [6.45, 7) is 0.567. The first-order valence-corrected chi connectivity index (χ1v) is 9.44. The minimum atomic E-state index is -0.201. The van der Waals surface area contributed by atoms with Gasteiger partial charge >= 0.3 is 0 Å². The number of anilines is 1. The van der Waals surface area contributed by atoms with Gasteiger partial charge in [0, 0.05) is 24.8 Å². The SMILES string of the molecule is COc1ccc(NC(=O)CN(C)CC(=O)N(C)Cc2cccc(OC)c2OC)cc1. The summed E-state index contributed by atoms with van der Waals surface area (Å²) < 4.78 is 15.8. The van der Waals surface area contributed by atoms with Gasteiger partial charge in [0.15, 0.2) is 11.5 Å². The lowest BCUT2D eigenvalue weighted by molar-refractivity contribution is -0.131. The zero-order valence-electron chi connectivity index (χ0n) is 18.1. The molecule has 1 N–H and O–H groups in total. The van der Waals surface area contributed by atoms with Crippen molar-refractivity contribution in [2.75, 3.05) is 53.8 Å². The summed E-state index contributed by atoms with van der Waals surface area (Å²) >= 11 is 0. The van der Waals surface area contributed by atoms with Gasteiger partial charge in [0.25, 0.3) is 0 Å². The topological polar surface area (TPSA) is 80.3 Å². The second-order valence-corrected chi connectivity index (χ2v) is 6.85. The molecule has 2 aromatic rings. The number of nitrogens with zero attached hydrogens (tertiary/aromatic N) is 2. The van der Waals surface area contributed by atoms with E-state index in [0.29, 0.717) is 29.5 Å². The minimum Gasteiger partial charge on any atom is -0.497 e. The van der Waals surface area contributed by atoms with E-state index >= 15 is 0 Å². The van der Waals surface area contributed by atoms with Crippen molar-refractivity contribution in [2.45, 2.75) is 6.54 Å². The van der Waals surface area contributed by atoms with E-state index in [9.17, 15) is 9.59 Å². The van der Waals surface area contributed by atoms with Crippen LogP contribution in [0.3, 0.4) is 0 Å². The number of carbonyl (C=O) groups is 2. The molecule has 0 aliphatic carbocycles. The number of para-hydroxylation sites is 1. The van der Waals surface area contributed by atoms with E-state index in [1.165, 1.54) is 0 Å². The third-order valence-corrected chi connectivity index (χ3v) is 4.51. The van der Waals surface area contributed by atoms with Gasteiger partial charge in [0.2, 0.25) is 11.8 Å². The van der Waals surface area contributed by atoms with Crippen molar-refractivity contribution in [3.8, 4) is 17.2 Å². The predicted molar refractivity (Wildman–Crippen MR) is 115 cm³/mol. The zero-order chi connectivity index (χ0) is 22.1. The largest absolute Gasteiger partial charge is 0.497 e. The number of amides is 2. The molecule has 0 bridgehead atoms. The molecule has 2 aromatic carbocycles. The molecule has 162 valence electrons. The summed E-state index contributed by atoms with van der Waals surface area (Å²) in [6, 6.07) is 12.6. The smallest absolute Gasteiger partial charge is 0.238 e. The monoisotopic (exact) mass is 415 g/mol. The summed E-state index contributed by atoms with van der Waals surface area (Å²) in [5, 5.41) is 2.80. The Bertz CT molecular complexity index is 854. The molecule has 0 atom stereocenters. The van der Waals surface area contributed by atoms with Crippen LogP contribution in [0.1, 0.15) is 5.56 Å². The fourth-order valence-electron chi connectivity index (χ4n) is 2.95. The fourth-order valence-corrected chi connectivity index (χ4v) is 2.95. The highest BCUT2D eigenvalue weighted by atomic mass is 16.5. The molecular formula is C22H29N3O5. The minimum absolute atomic E-state index is 0.0914. The van der Waals surface area contributed by atoms with E-state index in [1.807, 2.05) is 12.1 Å². The number of hydrogen-bond acceptors (Lipinski definition) is 6. The number of nitrogens with one attached hydrogen (secondary N) is 1. The van der Waals surface area contributed by atoms with E-state index in [0.717, 1.165) is 5.56 Å². The Morgan fingerprint density at radius 3 is 2.20 bits per heavy atom. The number of ether oxygens (including phenoxy) is 3. The molecule has 0 heterocycles. The van der Waals surface area contributed by atoms with Gasteiger partial charge in [0.1, 0.15) is 5.75 Å². The van der Waals surface area contributed by atoms with Crippen LogP contribution in [0.15, 0.2) is 42.5 Å². The van der Waals surface area contributed by atoms with E-state index < -0.39 is 0 Å². The van der Waals surface area contributed by atoms with Crippen LogP contribution in [0.4, 0.5) is 5.69 Å². The van der Waals surface area contributed by atoms with E-state index in [1.54, 1.807) is 75.6 Å². The lowest BCUT2D eigenvalue weighted by Gasteiger charge is -2.23. The molecule has 0 fully saturated rings. The second kappa shape index (κ2) is 11.1. The van der Waals surface area contributed by atoms with Crippen LogP contribution in [0.25, 0.3) is 0 Å². The van der Waals surface area contributed by atoms with Gasteiger partial charge in [-0.25, -0.2) is 0 Å². The van der Waals surface area contributed by atoms with Gasteiger partial charge in [-0.1, -0.05) is 12.1 Å². The average molecular weight is 415 g/mol. The molecule has 0 spiro atoms. The summed E-state index contributed by atoms with van der Waals surface area (Å²) in [5.41, 5.74) is 1.51. The van der Waals surface area contributed by atoms with Crippen molar-refractivity contribution in [3.05, 3.63) is 48.0 Å². The molecule has 2 amide bonds. The number of benzene rings is 2. The summed E-state index contributed by atoms with van der Waals surface area (Å²) in [4.78, 5) is 28.1. The number of carbonyl (C=O) groups excluding carboxylic acids is 2. The van der Waals surface area contributed by atoms with Crippen molar-refractivity contribution in [1.82, 2.24) is 9.80 Å². The molecule has 0 aliphatic rings. The molecule has 0 saturated heterocycles. The van der Waals surface area contributed by atoms with Crippen LogP contribution < -0.4 is 19.5 Å². The summed E-state index contributed by atoms with van der Waals surface area (Å²) in [7, 11) is 8.17. The number of hydrogen-bond donors (Lipinski definition) is 1. The Morgan fingerprint density at radius 1 is 0.900 bits per heavy atom. The third-order valence-electron chi connectivity index (χ3n) is 4.51. The first-order valence-electron chi connectivity index (χ1n) is 9.44. The zero-order valence-corrected chi connectivity index (χ0v) is 18.1. The molecular weight excluding hydrogens is 386 g/mol. The summed E-state index contributed by atoms with van der Waals surface area (Å²) in [5.74, 6) is 1.62. The number of likely N-dealkylation sites (N-methyl/N-ethyl adjacent to an activating group) is 2. The van der Waals surface area contributed by atoms with Crippen LogP contribution in [0, 0.1) is 0 Å². The number of rotatable bonds is 10. The van der Waals surface area contributed by atoms with Crippen LogP contribution in [-0.2, 0) is 16.1 Å². The van der Waals surface area contributed by atoms with Gasteiger partial charge in [-0.05, 0) is 37.4 Å². The standard InChI is InChI=1S/C22H29N3O5/c1-24(14-20(26)23-17-9-11-18(28-3)12-10-17)15-21(27)25(2)13-16-7-6-8-19(29-4)22(16)30-5/h6-12H,13-15H2,1-5H3,(H,23,26). The Balaban J connectivity index is 1.87. The lowest BCUT2D eigenvalue weighted by Crippen LogP contribution is -2.39. The maximum Gasteiger partial charge on any atom is 0.238 e. The van der Waals surface area contributed by atoms with Crippen LogP contribution in [0.5, 0.6) is 17.2 Å². The van der Waals surface area contributed by atoms with Crippen molar-refractivity contribution >= 4 is 17.5 Å². The molecule has 0 radical (unpaired) electrons. The molecule has 2 rings (SSSR count). The average Bonchev–Trinajstić information content (AvgIpc) is 2.73. The van der Waals surface area contributed by atoms with Gasteiger partial charge in [-0.15, -0.1) is 0 Å². The first kappa shape index (κ1) is 23.0. The molecule has 0 aliphatic heterocycles. The molecule has 8 nitrogen and oxygen atoms in total. The Morgan fingerprint density at radius 2 is 1.60 bits per heavy atom. The van der Waals surface area contributed by atoms with Gasteiger partial charge < -0.3 is 24.4 Å². The van der Waals surface area contributed by atoms with Gasteiger partial charge in [0.05, 0.1) is 34.4 Å². The third kappa shape index (κ3) is 6.38. The molecule has 0 aromatic heterocycles. The molecule has 30 heavy (non-hydrogen) atoms. The maximum absolute atomic E-state index is 12.6. The van der Waals surface area contributed by atoms with Gasteiger partial charge in [-0.3, -0.25) is 14.5 Å². The normalized spacial score (nSPS) is 10.5. The van der Waals surface area contributed by atoms with Crippen molar-refractivity contribution in [2.24, 2.45) is 0 Å². The van der Waals surface area contributed by atoms with Crippen LogP contribution in [0.2, 0.25) is 0 Å². The van der Waals surface area contributed by atoms with E-state index in [2.05, 4.69) is 5.32 Å². The lowest BCUT2D eigenvalue weighted by atomic mass is 10.1. The molecule has 0 unspecified atom stereocenters.